The number of para-hydroxylation sites is 1. The van der Waals surface area contributed by atoms with E-state index in [1.165, 1.54) is 30.2 Å². The molecule has 17 heavy (non-hydrogen) atoms. The maximum absolute atomic E-state index is 6.62. The second-order valence-electron chi connectivity index (χ2n) is 5.09. The Bertz CT molecular complexity index is 522. The van der Waals surface area contributed by atoms with Gasteiger partial charge in [-0.1, -0.05) is 37.5 Å². The molecule has 88 valence electrons. The summed E-state index contributed by atoms with van der Waals surface area (Å²) in [6.45, 7) is 0. The zero-order valence-corrected chi connectivity index (χ0v) is 10.0. The zero-order valence-electron chi connectivity index (χ0n) is 10.0. The molecule has 2 nitrogen and oxygen atoms in total. The second-order valence-corrected chi connectivity index (χ2v) is 5.09. The summed E-state index contributed by atoms with van der Waals surface area (Å²) >= 11 is 0. The monoisotopic (exact) mass is 226 g/mol. The maximum atomic E-state index is 6.62. The first-order chi connectivity index (χ1) is 8.30. The van der Waals surface area contributed by atoms with Crippen molar-refractivity contribution in [2.75, 3.05) is 0 Å². The van der Waals surface area contributed by atoms with Gasteiger partial charge in [-0.05, 0) is 30.5 Å². The van der Waals surface area contributed by atoms with Crippen LogP contribution in [0.4, 0.5) is 0 Å². The highest BCUT2D eigenvalue weighted by Gasteiger charge is 2.30. The van der Waals surface area contributed by atoms with Crippen LogP contribution in [0.15, 0.2) is 36.5 Å². The molecule has 0 saturated heterocycles. The van der Waals surface area contributed by atoms with Crippen LogP contribution >= 0.6 is 0 Å². The van der Waals surface area contributed by atoms with Crippen molar-refractivity contribution in [3.8, 4) is 0 Å². The van der Waals surface area contributed by atoms with Crippen LogP contribution in [0.5, 0.6) is 0 Å². The Morgan fingerprint density at radius 3 is 2.59 bits per heavy atom. The Labute approximate surface area is 102 Å². The number of fused-ring (bicyclic) bond motifs is 1. The van der Waals surface area contributed by atoms with Crippen molar-refractivity contribution in [1.82, 2.24) is 4.98 Å². The van der Waals surface area contributed by atoms with E-state index >= 15 is 0 Å². The van der Waals surface area contributed by atoms with Gasteiger partial charge in [0, 0.05) is 17.1 Å². The van der Waals surface area contributed by atoms with Crippen molar-refractivity contribution in [3.05, 3.63) is 42.1 Å². The average Bonchev–Trinajstić information content (AvgIpc) is 2.39. The number of hydrogen-bond acceptors (Lipinski definition) is 2. The molecule has 0 spiro atoms. The first-order valence-electron chi connectivity index (χ1n) is 6.43. The lowest BCUT2D eigenvalue weighted by Gasteiger charge is -2.34. The van der Waals surface area contributed by atoms with Crippen LogP contribution in [-0.2, 0) is 5.54 Å². The van der Waals surface area contributed by atoms with E-state index < -0.39 is 0 Å². The Hall–Kier alpha value is -1.41. The summed E-state index contributed by atoms with van der Waals surface area (Å²) in [5.74, 6) is 0. The Balaban J connectivity index is 2.16. The van der Waals surface area contributed by atoms with E-state index in [4.69, 9.17) is 5.73 Å². The molecule has 1 aliphatic rings. The van der Waals surface area contributed by atoms with Gasteiger partial charge in [-0.2, -0.15) is 0 Å². The lowest BCUT2D eigenvalue weighted by molar-refractivity contribution is 0.304. The van der Waals surface area contributed by atoms with Crippen LogP contribution < -0.4 is 5.73 Å². The highest BCUT2D eigenvalue weighted by Crippen LogP contribution is 2.37. The van der Waals surface area contributed by atoms with Crippen molar-refractivity contribution in [2.45, 2.75) is 37.6 Å². The summed E-state index contributed by atoms with van der Waals surface area (Å²) in [6.07, 6.45) is 7.89. The summed E-state index contributed by atoms with van der Waals surface area (Å²) in [7, 11) is 0. The normalized spacial score (nSPS) is 19.4. The summed E-state index contributed by atoms with van der Waals surface area (Å²) < 4.78 is 0. The van der Waals surface area contributed by atoms with Crippen LogP contribution in [0.25, 0.3) is 10.9 Å². The van der Waals surface area contributed by atoms with Gasteiger partial charge in [-0.25, -0.2) is 0 Å². The van der Waals surface area contributed by atoms with Gasteiger partial charge in [0.05, 0.1) is 5.52 Å². The third-order valence-electron chi connectivity index (χ3n) is 3.93. The van der Waals surface area contributed by atoms with Gasteiger partial charge in [0.2, 0.25) is 0 Å². The molecule has 1 heterocycles. The molecular weight excluding hydrogens is 208 g/mol. The molecule has 1 aromatic carbocycles. The third kappa shape index (κ3) is 1.83. The van der Waals surface area contributed by atoms with Gasteiger partial charge in [-0.15, -0.1) is 0 Å². The van der Waals surface area contributed by atoms with E-state index in [9.17, 15) is 0 Å². The first kappa shape index (κ1) is 10.7. The Kier molecular flexibility index (Phi) is 2.60. The second kappa shape index (κ2) is 4.11. The molecule has 0 bridgehead atoms. The van der Waals surface area contributed by atoms with Crippen LogP contribution in [-0.4, -0.2) is 4.98 Å². The van der Waals surface area contributed by atoms with Crippen molar-refractivity contribution < 1.29 is 0 Å². The molecule has 2 heteroatoms. The van der Waals surface area contributed by atoms with Crippen LogP contribution in [0.1, 0.15) is 37.7 Å². The molecule has 1 aliphatic carbocycles. The topological polar surface area (TPSA) is 38.9 Å². The molecule has 1 fully saturated rings. The molecule has 3 rings (SSSR count). The number of benzene rings is 1. The average molecular weight is 226 g/mol. The molecule has 2 aromatic rings. The highest BCUT2D eigenvalue weighted by atomic mass is 14.8. The molecule has 1 saturated carbocycles. The number of nitrogens with zero attached hydrogens (tertiary/aromatic N) is 1. The molecule has 0 radical (unpaired) electrons. The van der Waals surface area contributed by atoms with Gasteiger partial charge in [-0.3, -0.25) is 4.98 Å². The number of rotatable bonds is 1. The van der Waals surface area contributed by atoms with Gasteiger partial charge in [0.25, 0.3) is 0 Å². The van der Waals surface area contributed by atoms with Crippen molar-refractivity contribution in [2.24, 2.45) is 5.73 Å². The van der Waals surface area contributed by atoms with E-state index in [2.05, 4.69) is 29.2 Å². The smallest absolute Gasteiger partial charge is 0.0705 e. The molecule has 2 N–H and O–H groups in total. The quantitative estimate of drug-likeness (QED) is 0.809. The minimum atomic E-state index is -0.138. The molecule has 1 aromatic heterocycles. The molecular formula is C15H18N2. The van der Waals surface area contributed by atoms with Crippen LogP contribution in [0.3, 0.4) is 0 Å². The number of pyridine rings is 1. The minimum Gasteiger partial charge on any atom is -0.321 e. The minimum absolute atomic E-state index is 0.138. The SMILES string of the molecule is NC1(c2ccnc3ccccc23)CCCCC1. The van der Waals surface area contributed by atoms with Crippen LogP contribution in [0.2, 0.25) is 0 Å². The number of aromatic nitrogens is 1. The number of hydrogen-bond donors (Lipinski definition) is 1. The molecule has 0 atom stereocenters. The van der Waals surface area contributed by atoms with Crippen LogP contribution in [0, 0.1) is 0 Å². The molecule has 0 unspecified atom stereocenters. The van der Waals surface area contributed by atoms with Gasteiger partial charge in [0.15, 0.2) is 0 Å². The van der Waals surface area contributed by atoms with E-state index in [0.29, 0.717) is 0 Å². The van der Waals surface area contributed by atoms with Crippen molar-refractivity contribution >= 4 is 10.9 Å². The predicted molar refractivity (Wildman–Crippen MR) is 70.7 cm³/mol. The maximum Gasteiger partial charge on any atom is 0.0705 e. The lowest BCUT2D eigenvalue weighted by Crippen LogP contribution is -2.38. The van der Waals surface area contributed by atoms with E-state index in [1.54, 1.807) is 0 Å². The van der Waals surface area contributed by atoms with Gasteiger partial charge < -0.3 is 5.73 Å². The van der Waals surface area contributed by atoms with Crippen molar-refractivity contribution in [1.29, 1.82) is 0 Å². The Morgan fingerprint density at radius 1 is 1.00 bits per heavy atom. The van der Waals surface area contributed by atoms with E-state index in [1.807, 2.05) is 12.3 Å². The number of nitrogens with two attached hydrogens (primary N) is 1. The first-order valence-corrected chi connectivity index (χ1v) is 6.43. The largest absolute Gasteiger partial charge is 0.321 e. The third-order valence-corrected chi connectivity index (χ3v) is 3.93. The predicted octanol–water partition coefficient (Wildman–Crippen LogP) is 3.35. The van der Waals surface area contributed by atoms with Gasteiger partial charge >= 0.3 is 0 Å². The van der Waals surface area contributed by atoms with Crippen molar-refractivity contribution in [3.63, 3.8) is 0 Å². The van der Waals surface area contributed by atoms with E-state index in [-0.39, 0.29) is 5.54 Å². The highest BCUT2D eigenvalue weighted by molar-refractivity contribution is 5.82. The summed E-state index contributed by atoms with van der Waals surface area (Å²) in [5, 5.41) is 1.22. The lowest BCUT2D eigenvalue weighted by atomic mass is 9.76. The Morgan fingerprint density at radius 2 is 1.76 bits per heavy atom. The fourth-order valence-electron chi connectivity index (χ4n) is 2.98. The van der Waals surface area contributed by atoms with E-state index in [0.717, 1.165) is 18.4 Å². The fourth-order valence-corrected chi connectivity index (χ4v) is 2.98. The zero-order chi connectivity index (χ0) is 11.7. The standard InChI is InChI=1S/C15H18N2/c16-15(9-4-1-5-10-15)13-8-11-17-14-7-3-2-6-12(13)14/h2-3,6-8,11H,1,4-5,9-10,16H2. The molecule has 0 aliphatic heterocycles. The van der Waals surface area contributed by atoms with Gasteiger partial charge in [0.1, 0.15) is 0 Å². The summed E-state index contributed by atoms with van der Waals surface area (Å²) in [6, 6.07) is 10.4. The fraction of sp³-hybridized carbons (Fsp3) is 0.400. The summed E-state index contributed by atoms with van der Waals surface area (Å²) in [4.78, 5) is 4.41. The summed E-state index contributed by atoms with van der Waals surface area (Å²) in [5.41, 5.74) is 8.82. The molecule has 0 amide bonds.